The van der Waals surface area contributed by atoms with Crippen LogP contribution in [0.1, 0.15) is 31.1 Å². The summed E-state index contributed by atoms with van der Waals surface area (Å²) in [5.74, 6) is 1.19. The largest absolute Gasteiger partial charge is 0.357 e. The fourth-order valence-corrected chi connectivity index (χ4v) is 3.41. The van der Waals surface area contributed by atoms with Crippen LogP contribution < -0.4 is 5.32 Å². The Hall–Kier alpha value is -0.640. The number of nitrogens with one attached hydrogen (secondary N) is 2. The van der Waals surface area contributed by atoms with Gasteiger partial charge in [0.25, 0.3) is 0 Å². The van der Waals surface area contributed by atoms with Crippen molar-refractivity contribution in [2.45, 2.75) is 26.3 Å². The van der Waals surface area contributed by atoms with Crippen LogP contribution in [0.5, 0.6) is 0 Å². The van der Waals surface area contributed by atoms with Crippen LogP contribution in [0.3, 0.4) is 0 Å². The molecule has 0 saturated carbocycles. The van der Waals surface area contributed by atoms with Crippen molar-refractivity contribution in [1.82, 2.24) is 10.3 Å². The number of thioether (sulfide) groups is 1. The third-order valence-corrected chi connectivity index (χ3v) is 4.51. The van der Waals surface area contributed by atoms with E-state index in [1.807, 2.05) is 17.8 Å². The number of hydrogen-bond acceptors (Lipinski definition) is 2. The Kier molecular flexibility index (Phi) is 4.82. The smallest absolute Gasteiger partial charge is 0.0484 e. The first kappa shape index (κ1) is 14.8. The molecule has 0 spiro atoms. The molecule has 1 unspecified atom stereocenters. The maximum atomic E-state index is 6.11. The molecule has 0 amide bonds. The molecule has 1 atom stereocenters. The molecule has 0 saturated heterocycles. The van der Waals surface area contributed by atoms with Crippen LogP contribution in [-0.2, 0) is 6.42 Å². The molecule has 0 bridgehead atoms. The van der Waals surface area contributed by atoms with Gasteiger partial charge in [0, 0.05) is 27.7 Å². The summed E-state index contributed by atoms with van der Waals surface area (Å²) in [6.07, 6.45) is 4.43. The second kappa shape index (κ2) is 6.21. The van der Waals surface area contributed by atoms with Gasteiger partial charge in [0.05, 0.1) is 0 Å². The van der Waals surface area contributed by atoms with E-state index in [9.17, 15) is 0 Å². The van der Waals surface area contributed by atoms with Crippen molar-refractivity contribution in [2.24, 2.45) is 0 Å². The first-order valence-corrected chi connectivity index (χ1v) is 8.09. The van der Waals surface area contributed by atoms with Gasteiger partial charge in [-0.05, 0) is 55.2 Å². The van der Waals surface area contributed by atoms with Crippen molar-refractivity contribution < 1.29 is 0 Å². The summed E-state index contributed by atoms with van der Waals surface area (Å²) in [5, 5.41) is 5.73. The molecule has 2 nitrogen and oxygen atoms in total. The van der Waals surface area contributed by atoms with Gasteiger partial charge in [-0.2, -0.15) is 11.8 Å². The average molecular weight is 297 g/mol. The zero-order valence-corrected chi connectivity index (χ0v) is 12.0. The van der Waals surface area contributed by atoms with Crippen LogP contribution in [0.25, 0.3) is 10.9 Å². The van der Waals surface area contributed by atoms with Gasteiger partial charge >= 0.3 is 0 Å². The molecule has 2 N–H and O–H groups in total. The Labute approximate surface area is 124 Å². The van der Waals surface area contributed by atoms with Gasteiger partial charge < -0.3 is 10.3 Å². The van der Waals surface area contributed by atoms with Crippen LogP contribution in [0.15, 0.2) is 18.2 Å². The molecule has 1 aromatic carbocycles. The Bertz CT molecular complexity index is 565. The molecule has 104 valence electrons. The second-order valence-electron chi connectivity index (χ2n) is 4.75. The van der Waals surface area contributed by atoms with Crippen LogP contribution in [0.4, 0.5) is 0 Å². The molecule has 1 aliphatic rings. The first-order valence-electron chi connectivity index (χ1n) is 6.32. The lowest BCUT2D eigenvalue weighted by molar-refractivity contribution is 0.488. The van der Waals surface area contributed by atoms with Gasteiger partial charge in [-0.25, -0.2) is 0 Å². The highest BCUT2D eigenvalue weighted by molar-refractivity contribution is 7.98. The van der Waals surface area contributed by atoms with Crippen molar-refractivity contribution in [3.05, 3.63) is 34.5 Å². The molecule has 0 radical (unpaired) electrons. The van der Waals surface area contributed by atoms with Crippen molar-refractivity contribution in [3.8, 4) is 0 Å². The number of aromatic amines is 1. The van der Waals surface area contributed by atoms with Gasteiger partial charge in [0.1, 0.15) is 0 Å². The quantitative estimate of drug-likeness (QED) is 0.879. The van der Waals surface area contributed by atoms with Gasteiger partial charge in [0.2, 0.25) is 0 Å². The molecule has 1 aliphatic heterocycles. The summed E-state index contributed by atoms with van der Waals surface area (Å²) < 4.78 is 0. The lowest BCUT2D eigenvalue weighted by atomic mass is 9.98. The summed E-state index contributed by atoms with van der Waals surface area (Å²) in [4.78, 5) is 3.57. The highest BCUT2D eigenvalue weighted by Gasteiger charge is 2.23. The minimum atomic E-state index is 0. The third kappa shape index (κ3) is 2.78. The molecular weight excluding hydrogens is 276 g/mol. The van der Waals surface area contributed by atoms with Crippen molar-refractivity contribution >= 4 is 34.3 Å². The van der Waals surface area contributed by atoms with E-state index < -0.39 is 0 Å². The highest BCUT2D eigenvalue weighted by atomic mass is 35.5. The minimum Gasteiger partial charge on any atom is -0.357 e. The topological polar surface area (TPSA) is 27.8 Å². The Morgan fingerprint density at radius 2 is 2.26 bits per heavy atom. The molecule has 19 heavy (non-hydrogen) atoms. The molecule has 2 heterocycles. The van der Waals surface area contributed by atoms with Crippen LogP contribution >= 0.6 is 23.4 Å². The number of aromatic nitrogens is 1. The maximum Gasteiger partial charge on any atom is 0.0484 e. The molecule has 4 heteroatoms. The molecule has 1 aromatic heterocycles. The second-order valence-corrected chi connectivity index (χ2v) is 6.17. The monoisotopic (exact) mass is 296 g/mol. The average Bonchev–Trinajstić information content (AvgIpc) is 2.75. The van der Waals surface area contributed by atoms with Gasteiger partial charge in [-0.3, -0.25) is 0 Å². The van der Waals surface area contributed by atoms with E-state index in [1.54, 1.807) is 0 Å². The van der Waals surface area contributed by atoms with Gasteiger partial charge in [-0.1, -0.05) is 19.0 Å². The van der Waals surface area contributed by atoms with Crippen LogP contribution in [0.2, 0.25) is 5.02 Å². The van der Waals surface area contributed by atoms with E-state index in [-0.39, 0.29) is 7.43 Å². The summed E-state index contributed by atoms with van der Waals surface area (Å²) in [7, 11) is 0. The van der Waals surface area contributed by atoms with Crippen molar-refractivity contribution in [1.29, 1.82) is 0 Å². The van der Waals surface area contributed by atoms with E-state index in [0.717, 1.165) is 18.0 Å². The van der Waals surface area contributed by atoms with E-state index >= 15 is 0 Å². The Morgan fingerprint density at radius 1 is 1.42 bits per heavy atom. The zero-order valence-electron chi connectivity index (χ0n) is 10.4. The highest BCUT2D eigenvalue weighted by Crippen LogP contribution is 2.33. The molecule has 0 aliphatic carbocycles. The zero-order chi connectivity index (χ0) is 12.5. The number of fused-ring (bicyclic) bond motifs is 3. The van der Waals surface area contributed by atoms with Gasteiger partial charge in [0.15, 0.2) is 0 Å². The number of H-pyrrole nitrogens is 1. The van der Waals surface area contributed by atoms with Crippen LogP contribution in [-0.4, -0.2) is 23.5 Å². The maximum absolute atomic E-state index is 6.11. The molecule has 2 aromatic rings. The SMILES string of the molecule is C.CSCCC1NCCc2c1[nH]c1ccc(Cl)cc21. The number of halogens is 1. The predicted molar refractivity (Wildman–Crippen MR) is 87.5 cm³/mol. The normalized spacial score (nSPS) is 18.1. The predicted octanol–water partition coefficient (Wildman–Crippen LogP) is 4.40. The fraction of sp³-hybridized carbons (Fsp3) is 0.467. The molecular formula is C15H21ClN2S. The standard InChI is InChI=1S/C14H17ClN2S.CH4/c1-18-7-5-13-14-10(4-6-16-13)11-8-9(15)2-3-12(11)17-14;/h2-3,8,13,16-17H,4-7H2,1H3;1H4. The third-order valence-electron chi connectivity index (χ3n) is 3.63. The molecule has 0 fully saturated rings. The molecule has 3 rings (SSSR count). The first-order chi connectivity index (χ1) is 8.79. The Balaban J connectivity index is 0.00000133. The van der Waals surface area contributed by atoms with E-state index in [4.69, 9.17) is 11.6 Å². The van der Waals surface area contributed by atoms with Crippen molar-refractivity contribution in [3.63, 3.8) is 0 Å². The number of hydrogen-bond donors (Lipinski definition) is 2. The van der Waals surface area contributed by atoms with Crippen molar-refractivity contribution in [2.75, 3.05) is 18.6 Å². The summed E-state index contributed by atoms with van der Waals surface area (Å²) in [5.41, 5.74) is 4.03. The van der Waals surface area contributed by atoms with Crippen LogP contribution in [0, 0.1) is 0 Å². The number of rotatable bonds is 3. The van der Waals surface area contributed by atoms with Gasteiger partial charge in [-0.15, -0.1) is 0 Å². The van der Waals surface area contributed by atoms with E-state index in [1.165, 1.54) is 34.3 Å². The summed E-state index contributed by atoms with van der Waals surface area (Å²) >= 11 is 8.01. The lowest BCUT2D eigenvalue weighted by Crippen LogP contribution is -2.30. The number of benzene rings is 1. The van der Waals surface area contributed by atoms with E-state index in [2.05, 4.69) is 28.7 Å². The summed E-state index contributed by atoms with van der Waals surface area (Å²) in [6, 6.07) is 6.59. The minimum absolute atomic E-state index is 0. The Morgan fingerprint density at radius 3 is 3.05 bits per heavy atom. The van der Waals surface area contributed by atoms with E-state index in [0.29, 0.717) is 6.04 Å². The fourth-order valence-electron chi connectivity index (χ4n) is 2.76. The lowest BCUT2D eigenvalue weighted by Gasteiger charge is -2.24. The summed E-state index contributed by atoms with van der Waals surface area (Å²) in [6.45, 7) is 1.06.